The van der Waals surface area contributed by atoms with Crippen molar-refractivity contribution in [2.75, 3.05) is 36.7 Å². The van der Waals surface area contributed by atoms with E-state index in [9.17, 15) is 14.2 Å². The fourth-order valence-electron chi connectivity index (χ4n) is 2.45. The van der Waals surface area contributed by atoms with Crippen molar-refractivity contribution in [2.45, 2.75) is 36.9 Å². The fourth-order valence-corrected chi connectivity index (χ4v) is 4.79. The molecular formula is C12H26Cl4O10P2. The molecule has 0 atom stereocenters. The van der Waals surface area contributed by atoms with E-state index in [2.05, 4.69) is 4.31 Å². The number of hydrogen-bond acceptors (Lipinski definition) is 6. The molecule has 0 radical (unpaired) electrons. The molecule has 0 aromatic rings. The Morgan fingerprint density at radius 2 is 1.11 bits per heavy atom. The zero-order valence-electron chi connectivity index (χ0n) is 14.8. The Morgan fingerprint density at radius 3 is 1.32 bits per heavy atom. The van der Waals surface area contributed by atoms with Gasteiger partial charge in [0.05, 0.1) is 24.4 Å². The number of aliphatic hydroxyl groups is 2. The van der Waals surface area contributed by atoms with Crippen molar-refractivity contribution in [1.29, 1.82) is 0 Å². The van der Waals surface area contributed by atoms with Crippen molar-refractivity contribution >= 4 is 62.0 Å². The highest BCUT2D eigenvalue weighted by Crippen LogP contribution is 2.53. The molecule has 0 saturated carbocycles. The summed E-state index contributed by atoms with van der Waals surface area (Å²) < 4.78 is 28.0. The monoisotopic (exact) mass is 532 g/mol. The van der Waals surface area contributed by atoms with Gasteiger partial charge in [-0.3, -0.25) is 0 Å². The van der Waals surface area contributed by atoms with Crippen LogP contribution in [0.15, 0.2) is 0 Å². The van der Waals surface area contributed by atoms with E-state index in [4.69, 9.17) is 75.8 Å². The Hall–Kier alpha value is 1.30. The molecule has 10 nitrogen and oxygen atoms in total. The summed E-state index contributed by atoms with van der Waals surface area (Å²) in [5.41, 5.74) is -2.13. The highest BCUT2D eigenvalue weighted by atomic mass is 35.5. The Labute approximate surface area is 183 Å². The zero-order valence-corrected chi connectivity index (χ0v) is 19.6. The van der Waals surface area contributed by atoms with Crippen LogP contribution in [0.4, 0.5) is 0 Å². The molecule has 0 aromatic carbocycles. The molecule has 0 saturated heterocycles. The number of alkyl halides is 4. The Bertz CT molecular complexity index is 469. The number of phosphoric acid groups is 2. The van der Waals surface area contributed by atoms with Gasteiger partial charge < -0.3 is 34.5 Å². The smallest absolute Gasteiger partial charge is 0.394 e. The minimum Gasteiger partial charge on any atom is -0.394 e. The van der Waals surface area contributed by atoms with Gasteiger partial charge in [0.1, 0.15) is 0 Å². The summed E-state index contributed by atoms with van der Waals surface area (Å²) in [5.74, 6) is 1.19. The first-order chi connectivity index (χ1) is 12.8. The lowest BCUT2D eigenvalue weighted by Gasteiger charge is -2.47. The lowest BCUT2D eigenvalue weighted by atomic mass is 9.74. The largest absolute Gasteiger partial charge is 0.478 e. The van der Waals surface area contributed by atoms with Crippen LogP contribution in [0, 0.1) is 0 Å². The summed E-state index contributed by atoms with van der Waals surface area (Å²) in [6.45, 7) is -0.0230. The molecular weight excluding hydrogens is 508 g/mol. The van der Waals surface area contributed by atoms with Crippen LogP contribution in [-0.4, -0.2) is 77.7 Å². The van der Waals surface area contributed by atoms with Gasteiger partial charge in [-0.15, -0.1) is 46.4 Å². The van der Waals surface area contributed by atoms with Crippen LogP contribution >= 0.6 is 62.0 Å². The molecule has 28 heavy (non-hydrogen) atoms. The maximum atomic E-state index is 10.9. The van der Waals surface area contributed by atoms with E-state index in [1.165, 1.54) is 0 Å². The standard InChI is InChI=1S/C12H22Cl4O3.H4O7P2/c13-5-1-11(18,2-6-14)12(3-7-15,4-8-16)19-10-9-17;1-8(2,3)7-9(4,5)6/h17-18H,1-10H2;(H2,1,2,3)(H2,4,5,6). The molecule has 0 spiro atoms. The summed E-state index contributed by atoms with van der Waals surface area (Å²) >= 11 is 23.3. The molecule has 0 amide bonds. The molecule has 0 heterocycles. The quantitative estimate of drug-likeness (QED) is 0.143. The molecule has 0 aromatic heterocycles. The number of rotatable bonds is 14. The lowest BCUT2D eigenvalue weighted by molar-refractivity contribution is -0.193. The van der Waals surface area contributed by atoms with E-state index in [-0.39, 0.29) is 25.0 Å². The SMILES string of the molecule is O=P(O)(O)OP(=O)(O)O.OCCOC(CCCl)(CCCl)C(O)(CCCl)CCCl. The number of hydrogen-bond donors (Lipinski definition) is 6. The predicted molar refractivity (Wildman–Crippen MR) is 107 cm³/mol. The Kier molecular flexibility index (Phi) is 17.0. The molecule has 0 aliphatic heterocycles. The molecule has 0 aliphatic carbocycles. The van der Waals surface area contributed by atoms with Gasteiger partial charge in [-0.2, -0.15) is 4.31 Å². The second-order valence-electron chi connectivity index (χ2n) is 5.42. The van der Waals surface area contributed by atoms with Crippen LogP contribution in [0.2, 0.25) is 0 Å². The van der Waals surface area contributed by atoms with Gasteiger partial charge in [0.2, 0.25) is 0 Å². The van der Waals surface area contributed by atoms with Crippen molar-refractivity contribution < 1.29 is 48.0 Å². The predicted octanol–water partition coefficient (Wildman–Crippen LogP) is 2.17. The maximum Gasteiger partial charge on any atom is 0.478 e. The minimum atomic E-state index is -5.05. The summed E-state index contributed by atoms with van der Waals surface area (Å²) in [7, 11) is -10.1. The molecule has 0 rings (SSSR count). The summed E-state index contributed by atoms with van der Waals surface area (Å²) in [4.78, 5) is 31.0. The van der Waals surface area contributed by atoms with Crippen LogP contribution in [0.3, 0.4) is 0 Å². The van der Waals surface area contributed by atoms with Gasteiger partial charge in [0, 0.05) is 23.5 Å². The maximum absolute atomic E-state index is 10.9. The number of aliphatic hydroxyl groups excluding tert-OH is 1. The first-order valence-electron chi connectivity index (χ1n) is 7.80. The number of ether oxygens (including phenoxy) is 1. The molecule has 0 fully saturated rings. The normalized spacial score (nSPS) is 13.2. The second kappa shape index (κ2) is 15.2. The van der Waals surface area contributed by atoms with E-state index < -0.39 is 26.8 Å². The van der Waals surface area contributed by atoms with E-state index in [0.717, 1.165) is 0 Å². The Morgan fingerprint density at radius 1 is 0.750 bits per heavy atom. The van der Waals surface area contributed by atoms with Gasteiger partial charge in [-0.05, 0) is 25.7 Å². The van der Waals surface area contributed by atoms with Crippen LogP contribution in [0.25, 0.3) is 0 Å². The summed E-state index contributed by atoms with van der Waals surface area (Å²) in [6, 6.07) is 0. The highest BCUT2D eigenvalue weighted by Gasteiger charge is 2.49. The molecule has 0 bridgehead atoms. The van der Waals surface area contributed by atoms with E-state index in [0.29, 0.717) is 37.4 Å². The van der Waals surface area contributed by atoms with Crippen molar-refractivity contribution in [1.82, 2.24) is 0 Å². The van der Waals surface area contributed by atoms with E-state index in [1.807, 2.05) is 0 Å². The van der Waals surface area contributed by atoms with Crippen molar-refractivity contribution in [3.63, 3.8) is 0 Å². The van der Waals surface area contributed by atoms with Crippen molar-refractivity contribution in [3.8, 4) is 0 Å². The van der Waals surface area contributed by atoms with Gasteiger partial charge in [0.25, 0.3) is 0 Å². The van der Waals surface area contributed by atoms with Gasteiger partial charge >= 0.3 is 15.6 Å². The van der Waals surface area contributed by atoms with Crippen LogP contribution in [0.5, 0.6) is 0 Å². The number of halogens is 4. The summed E-state index contributed by atoms with van der Waals surface area (Å²) in [6.07, 6.45) is 1.51. The lowest BCUT2D eigenvalue weighted by Crippen LogP contribution is -2.57. The van der Waals surface area contributed by atoms with Gasteiger partial charge in [0.15, 0.2) is 0 Å². The third kappa shape index (κ3) is 13.6. The van der Waals surface area contributed by atoms with Crippen LogP contribution in [0.1, 0.15) is 25.7 Å². The first-order valence-corrected chi connectivity index (χ1v) is 13.0. The van der Waals surface area contributed by atoms with Gasteiger partial charge in [-0.25, -0.2) is 9.13 Å². The van der Waals surface area contributed by atoms with Crippen molar-refractivity contribution in [3.05, 3.63) is 0 Å². The Balaban J connectivity index is 0. The van der Waals surface area contributed by atoms with Crippen LogP contribution < -0.4 is 0 Å². The molecule has 172 valence electrons. The van der Waals surface area contributed by atoms with E-state index in [1.54, 1.807) is 0 Å². The molecule has 0 aliphatic rings. The summed E-state index contributed by atoms with van der Waals surface area (Å²) in [5, 5.41) is 19.9. The first kappa shape index (κ1) is 31.5. The van der Waals surface area contributed by atoms with Crippen LogP contribution in [-0.2, 0) is 18.2 Å². The third-order valence-corrected chi connectivity index (χ3v) is 6.00. The molecule has 6 N–H and O–H groups in total. The van der Waals surface area contributed by atoms with Gasteiger partial charge in [-0.1, -0.05) is 0 Å². The van der Waals surface area contributed by atoms with Crippen molar-refractivity contribution in [2.24, 2.45) is 0 Å². The molecule has 16 heteroatoms. The average Bonchev–Trinajstić information content (AvgIpc) is 2.50. The second-order valence-corrected chi connectivity index (χ2v) is 9.54. The molecule has 0 unspecified atom stereocenters. The minimum absolute atomic E-state index is 0.112. The third-order valence-electron chi connectivity index (χ3n) is 3.54. The average molecular weight is 534 g/mol. The fraction of sp³-hybridized carbons (Fsp3) is 1.00. The topological polar surface area (TPSA) is 174 Å². The highest BCUT2D eigenvalue weighted by molar-refractivity contribution is 7.60. The zero-order chi connectivity index (χ0) is 22.5. The van der Waals surface area contributed by atoms with E-state index >= 15 is 0 Å².